The molecule has 5 nitrogen and oxygen atoms in total. The molecular formula is C35H41N3O2. The smallest absolute Gasteiger partial charge is 0.256 e. The monoisotopic (exact) mass is 535 g/mol. The Bertz CT molecular complexity index is 1400. The molecule has 6 rings (SSSR count). The van der Waals surface area contributed by atoms with Crippen molar-refractivity contribution in [3.8, 4) is 0 Å². The average Bonchev–Trinajstić information content (AvgIpc) is 3.36. The molecule has 3 aromatic rings. The van der Waals surface area contributed by atoms with Crippen molar-refractivity contribution in [2.45, 2.75) is 78.0 Å². The van der Waals surface area contributed by atoms with E-state index in [0.29, 0.717) is 6.04 Å². The first-order valence-electron chi connectivity index (χ1n) is 14.8. The molecule has 4 unspecified atom stereocenters. The fourth-order valence-corrected chi connectivity index (χ4v) is 7.83. The minimum absolute atomic E-state index is 0.0543. The third kappa shape index (κ3) is 5.02. The lowest BCUT2D eigenvalue weighted by atomic mass is 9.65. The number of rotatable bonds is 7. The van der Waals surface area contributed by atoms with Crippen LogP contribution in [0.3, 0.4) is 0 Å². The van der Waals surface area contributed by atoms with E-state index in [-0.39, 0.29) is 34.9 Å². The zero-order chi connectivity index (χ0) is 28.1. The van der Waals surface area contributed by atoms with Crippen molar-refractivity contribution in [2.24, 2.45) is 10.8 Å². The molecule has 2 aliphatic heterocycles. The summed E-state index contributed by atoms with van der Waals surface area (Å²) < 4.78 is 0. The van der Waals surface area contributed by atoms with E-state index in [0.717, 1.165) is 54.6 Å². The zero-order valence-corrected chi connectivity index (χ0v) is 24.2. The van der Waals surface area contributed by atoms with Crippen molar-refractivity contribution >= 4 is 17.5 Å². The second-order valence-corrected chi connectivity index (χ2v) is 13.4. The van der Waals surface area contributed by atoms with Crippen molar-refractivity contribution < 1.29 is 9.59 Å². The van der Waals surface area contributed by atoms with Crippen molar-refractivity contribution in [3.63, 3.8) is 0 Å². The molecule has 4 atom stereocenters. The summed E-state index contributed by atoms with van der Waals surface area (Å²) >= 11 is 0. The third-order valence-corrected chi connectivity index (χ3v) is 9.28. The molecule has 1 saturated carbocycles. The first-order chi connectivity index (χ1) is 19.1. The summed E-state index contributed by atoms with van der Waals surface area (Å²) in [4.78, 5) is 31.2. The van der Waals surface area contributed by atoms with E-state index in [1.807, 2.05) is 59.5 Å². The molecule has 3 aromatic carbocycles. The van der Waals surface area contributed by atoms with Crippen LogP contribution in [0.25, 0.3) is 0 Å². The third-order valence-electron chi connectivity index (χ3n) is 9.28. The quantitative estimate of drug-likeness (QED) is 0.345. The number of likely N-dealkylation sites (tertiary alicyclic amines) is 1. The van der Waals surface area contributed by atoms with E-state index in [1.165, 1.54) is 12.0 Å². The Hall–Kier alpha value is -3.60. The highest BCUT2D eigenvalue weighted by atomic mass is 16.2. The molecule has 1 saturated heterocycles. The second kappa shape index (κ2) is 10.1. The molecule has 2 bridgehead atoms. The normalized spacial score (nSPS) is 25.6. The lowest BCUT2D eigenvalue weighted by Gasteiger charge is -2.39. The summed E-state index contributed by atoms with van der Waals surface area (Å²) in [6, 6.07) is 26.6. The van der Waals surface area contributed by atoms with Gasteiger partial charge >= 0.3 is 0 Å². The molecule has 40 heavy (non-hydrogen) atoms. The van der Waals surface area contributed by atoms with E-state index in [1.54, 1.807) is 0 Å². The second-order valence-electron chi connectivity index (χ2n) is 13.4. The number of hydrogen-bond donors (Lipinski definition) is 1. The molecule has 0 radical (unpaired) electrons. The number of amides is 2. The van der Waals surface area contributed by atoms with Gasteiger partial charge in [0.25, 0.3) is 11.8 Å². The van der Waals surface area contributed by atoms with Gasteiger partial charge in [-0.15, -0.1) is 0 Å². The first-order valence-corrected chi connectivity index (χ1v) is 14.8. The van der Waals surface area contributed by atoms with Crippen LogP contribution in [-0.2, 0) is 6.42 Å². The number of benzene rings is 3. The molecule has 0 aromatic heterocycles. The summed E-state index contributed by atoms with van der Waals surface area (Å²) in [6.45, 7) is 10.00. The predicted molar refractivity (Wildman–Crippen MR) is 160 cm³/mol. The summed E-state index contributed by atoms with van der Waals surface area (Å²) in [5.74, 6) is 0.201. The van der Waals surface area contributed by atoms with Gasteiger partial charge in [-0.25, -0.2) is 0 Å². The minimum Gasteiger partial charge on any atom is -0.361 e. The number of hydrogen-bond acceptors (Lipinski definition) is 3. The van der Waals surface area contributed by atoms with E-state index in [4.69, 9.17) is 0 Å². The van der Waals surface area contributed by atoms with Gasteiger partial charge in [0.2, 0.25) is 0 Å². The summed E-state index contributed by atoms with van der Waals surface area (Å²) in [5, 5.41) is 3.63. The highest BCUT2D eigenvalue weighted by molar-refractivity contribution is 6.00. The number of aryl methyl sites for hydroxylation is 1. The molecule has 2 fully saturated rings. The largest absolute Gasteiger partial charge is 0.361 e. The Balaban J connectivity index is 1.18. The number of carbonyl (C=O) groups is 2. The van der Waals surface area contributed by atoms with Crippen molar-refractivity contribution in [1.29, 1.82) is 0 Å². The van der Waals surface area contributed by atoms with Gasteiger partial charge in [0, 0.05) is 41.0 Å². The fraction of sp³-hybridized carbons (Fsp3) is 0.429. The van der Waals surface area contributed by atoms with Crippen LogP contribution in [-0.4, -0.2) is 40.2 Å². The fourth-order valence-electron chi connectivity index (χ4n) is 7.83. The van der Waals surface area contributed by atoms with E-state index >= 15 is 0 Å². The van der Waals surface area contributed by atoms with Crippen LogP contribution < -0.4 is 5.32 Å². The topological polar surface area (TPSA) is 52.7 Å². The summed E-state index contributed by atoms with van der Waals surface area (Å²) in [5.41, 5.74) is 5.17. The van der Waals surface area contributed by atoms with Gasteiger partial charge in [-0.05, 0) is 85.8 Å². The maximum absolute atomic E-state index is 13.6. The van der Waals surface area contributed by atoms with Crippen LogP contribution in [0.1, 0.15) is 91.4 Å². The molecular weight excluding hydrogens is 494 g/mol. The maximum atomic E-state index is 13.6. The number of nitrogens with one attached hydrogen (secondary N) is 1. The van der Waals surface area contributed by atoms with Crippen LogP contribution >= 0.6 is 0 Å². The average molecular weight is 536 g/mol. The van der Waals surface area contributed by atoms with Gasteiger partial charge < -0.3 is 15.1 Å². The molecule has 1 aliphatic carbocycles. The van der Waals surface area contributed by atoms with E-state index in [9.17, 15) is 9.59 Å². The van der Waals surface area contributed by atoms with Gasteiger partial charge in [-0.2, -0.15) is 0 Å². The van der Waals surface area contributed by atoms with Crippen molar-refractivity contribution in [3.05, 3.63) is 101 Å². The van der Waals surface area contributed by atoms with Gasteiger partial charge in [0.15, 0.2) is 0 Å². The molecule has 0 spiro atoms. The van der Waals surface area contributed by atoms with E-state index in [2.05, 4.69) is 62.2 Å². The number of fused-ring (bicyclic) bond motifs is 3. The summed E-state index contributed by atoms with van der Waals surface area (Å²) in [7, 11) is 0. The van der Waals surface area contributed by atoms with Crippen LogP contribution in [0.4, 0.5) is 5.69 Å². The molecule has 2 heterocycles. The van der Waals surface area contributed by atoms with Gasteiger partial charge in [-0.1, -0.05) is 69.3 Å². The summed E-state index contributed by atoms with van der Waals surface area (Å²) in [6.07, 6.45) is 4.89. The van der Waals surface area contributed by atoms with E-state index < -0.39 is 0 Å². The SMILES string of the molecule is CC(CCc1ccccc1)N1C(=O)c2ccccc2C1Nc1ccc(C(=O)N2CC3(C)CC2CC(C)(C)C3)cc1. The Morgan fingerprint density at radius 1 is 0.950 bits per heavy atom. The molecule has 5 heteroatoms. The maximum Gasteiger partial charge on any atom is 0.256 e. The number of carbonyl (C=O) groups excluding carboxylic acids is 2. The molecule has 2 amide bonds. The highest BCUT2D eigenvalue weighted by Gasteiger charge is 2.51. The first kappa shape index (κ1) is 26.6. The Morgan fingerprint density at radius 3 is 2.40 bits per heavy atom. The standard InChI is InChI=1S/C35H41N3O2/c1-24(14-15-25-10-6-5-7-11-25)38-31(29-12-8-9-13-30(29)33(38)40)36-27-18-16-26(17-19-27)32(39)37-23-35(4)21-28(37)20-34(2,3)22-35/h5-13,16-19,24,28,31,36H,14-15,20-23H2,1-4H3. The van der Waals surface area contributed by atoms with Crippen LogP contribution in [0.15, 0.2) is 78.9 Å². The lowest BCUT2D eigenvalue weighted by Crippen LogP contribution is -2.39. The van der Waals surface area contributed by atoms with Crippen LogP contribution in [0, 0.1) is 10.8 Å². The molecule has 208 valence electrons. The molecule has 1 N–H and O–H groups in total. The van der Waals surface area contributed by atoms with Crippen molar-refractivity contribution in [1.82, 2.24) is 9.80 Å². The van der Waals surface area contributed by atoms with Crippen molar-refractivity contribution in [2.75, 3.05) is 11.9 Å². The number of nitrogens with zero attached hydrogens (tertiary/aromatic N) is 2. The Kier molecular flexibility index (Phi) is 6.72. The highest BCUT2D eigenvalue weighted by Crippen LogP contribution is 2.52. The Morgan fingerprint density at radius 2 is 1.65 bits per heavy atom. The number of anilines is 1. The van der Waals surface area contributed by atoms with Crippen LogP contribution in [0.5, 0.6) is 0 Å². The lowest BCUT2D eigenvalue weighted by molar-refractivity contribution is 0.0658. The van der Waals surface area contributed by atoms with Gasteiger partial charge in [0.1, 0.15) is 6.17 Å². The molecule has 3 aliphatic rings. The zero-order valence-electron chi connectivity index (χ0n) is 24.2. The van der Waals surface area contributed by atoms with Gasteiger partial charge in [0.05, 0.1) is 0 Å². The van der Waals surface area contributed by atoms with Crippen LogP contribution in [0.2, 0.25) is 0 Å². The van der Waals surface area contributed by atoms with Gasteiger partial charge in [-0.3, -0.25) is 9.59 Å². The Labute approximate surface area is 238 Å². The predicted octanol–water partition coefficient (Wildman–Crippen LogP) is 7.32. The minimum atomic E-state index is -0.254.